The normalized spacial score (nSPS) is 10.1. The SMILES string of the molecule is Cn1c[n+](C)cc1CCNC(=O)Cc1cc(O)ccc1N.[Cl-]. The quantitative estimate of drug-likeness (QED) is 0.312. The van der Waals surface area contributed by atoms with Crippen molar-refractivity contribution in [2.75, 3.05) is 12.3 Å². The highest BCUT2D eigenvalue weighted by atomic mass is 35.5. The number of hydrogen-bond donors (Lipinski definition) is 3. The van der Waals surface area contributed by atoms with Crippen LogP contribution in [-0.2, 0) is 31.7 Å². The molecular weight excluding hydrogens is 304 g/mol. The van der Waals surface area contributed by atoms with Gasteiger partial charge in [-0.25, -0.2) is 9.13 Å². The van der Waals surface area contributed by atoms with Gasteiger partial charge in [-0.1, -0.05) is 0 Å². The summed E-state index contributed by atoms with van der Waals surface area (Å²) in [7, 11) is 3.94. The number of imidazole rings is 1. The molecular formula is C15H21ClN4O2. The van der Waals surface area contributed by atoms with Crippen LogP contribution < -0.4 is 28.0 Å². The van der Waals surface area contributed by atoms with Crippen molar-refractivity contribution >= 4 is 11.6 Å². The lowest BCUT2D eigenvalue weighted by Crippen LogP contribution is -3.00. The van der Waals surface area contributed by atoms with E-state index in [4.69, 9.17) is 5.73 Å². The van der Waals surface area contributed by atoms with E-state index in [2.05, 4.69) is 5.32 Å². The maximum absolute atomic E-state index is 11.9. The number of nitrogen functional groups attached to an aromatic ring is 1. The van der Waals surface area contributed by atoms with Gasteiger partial charge >= 0.3 is 0 Å². The molecule has 0 aliphatic carbocycles. The fourth-order valence-corrected chi connectivity index (χ4v) is 2.26. The highest BCUT2D eigenvalue weighted by Gasteiger charge is 2.10. The van der Waals surface area contributed by atoms with Crippen LogP contribution in [0.1, 0.15) is 11.3 Å². The number of phenols is 1. The van der Waals surface area contributed by atoms with Gasteiger partial charge in [0.05, 0.1) is 20.5 Å². The third-order valence-electron chi connectivity index (χ3n) is 3.34. The average molecular weight is 325 g/mol. The first-order chi connectivity index (χ1) is 9.95. The summed E-state index contributed by atoms with van der Waals surface area (Å²) in [4.78, 5) is 11.9. The zero-order valence-electron chi connectivity index (χ0n) is 12.7. The molecule has 0 radical (unpaired) electrons. The molecule has 1 amide bonds. The van der Waals surface area contributed by atoms with E-state index < -0.39 is 0 Å². The zero-order chi connectivity index (χ0) is 15.4. The Labute approximate surface area is 136 Å². The highest BCUT2D eigenvalue weighted by molar-refractivity contribution is 5.80. The second kappa shape index (κ2) is 7.70. The molecule has 0 saturated carbocycles. The van der Waals surface area contributed by atoms with E-state index in [1.165, 1.54) is 12.1 Å². The summed E-state index contributed by atoms with van der Waals surface area (Å²) in [6.07, 6.45) is 4.93. The lowest BCUT2D eigenvalue weighted by atomic mass is 10.1. The molecule has 0 spiro atoms. The first-order valence-corrected chi connectivity index (χ1v) is 6.80. The summed E-state index contributed by atoms with van der Waals surface area (Å²) < 4.78 is 4.00. The van der Waals surface area contributed by atoms with Gasteiger partial charge < -0.3 is 28.6 Å². The van der Waals surface area contributed by atoms with Gasteiger partial charge in [0.25, 0.3) is 0 Å². The fraction of sp³-hybridized carbons (Fsp3) is 0.333. The Morgan fingerprint density at radius 2 is 2.18 bits per heavy atom. The van der Waals surface area contributed by atoms with E-state index >= 15 is 0 Å². The molecule has 0 atom stereocenters. The van der Waals surface area contributed by atoms with Gasteiger partial charge in [0, 0.05) is 18.7 Å². The standard InChI is InChI=1S/C15H20N4O2.ClH/c1-18-9-12(19(2)10-18)5-6-17-15(21)8-11-7-13(20)3-4-14(11)16;/h3-4,7,9-10H,5-6,8,16H2,1-2H3,(H-,17,20,21);1H. The summed E-state index contributed by atoms with van der Waals surface area (Å²) in [5.41, 5.74) is 8.08. The lowest BCUT2D eigenvalue weighted by Gasteiger charge is -2.07. The molecule has 4 N–H and O–H groups in total. The molecule has 1 aromatic carbocycles. The Morgan fingerprint density at radius 1 is 1.45 bits per heavy atom. The van der Waals surface area contributed by atoms with Crippen molar-refractivity contribution in [2.45, 2.75) is 12.8 Å². The van der Waals surface area contributed by atoms with E-state index in [1.54, 1.807) is 6.07 Å². The molecule has 0 aliphatic rings. The number of hydrogen-bond acceptors (Lipinski definition) is 3. The van der Waals surface area contributed by atoms with E-state index in [-0.39, 0.29) is 30.5 Å². The number of halogens is 1. The number of phenolic OH excluding ortho intramolecular Hbond substituents is 1. The number of nitrogens with one attached hydrogen (secondary N) is 1. The van der Waals surface area contributed by atoms with Crippen molar-refractivity contribution < 1.29 is 26.9 Å². The molecule has 0 saturated heterocycles. The van der Waals surface area contributed by atoms with E-state index in [0.717, 1.165) is 12.1 Å². The summed E-state index contributed by atoms with van der Waals surface area (Å²) in [6.45, 7) is 0.565. The Kier molecular flexibility index (Phi) is 6.24. The van der Waals surface area contributed by atoms with Gasteiger partial charge in [0.1, 0.15) is 17.6 Å². The molecule has 0 unspecified atom stereocenters. The van der Waals surface area contributed by atoms with Crippen LogP contribution in [0.2, 0.25) is 0 Å². The van der Waals surface area contributed by atoms with Gasteiger partial charge in [-0.2, -0.15) is 0 Å². The smallest absolute Gasteiger partial charge is 0.243 e. The zero-order valence-corrected chi connectivity index (χ0v) is 13.5. The fourth-order valence-electron chi connectivity index (χ4n) is 2.26. The molecule has 0 bridgehead atoms. The number of carbonyl (C=O) groups excluding carboxylic acids is 1. The van der Waals surface area contributed by atoms with Crippen LogP contribution in [0.5, 0.6) is 5.75 Å². The van der Waals surface area contributed by atoms with Gasteiger partial charge in [0.15, 0.2) is 0 Å². The molecule has 6 nitrogen and oxygen atoms in total. The van der Waals surface area contributed by atoms with Gasteiger partial charge in [-0.3, -0.25) is 4.79 Å². The van der Waals surface area contributed by atoms with Crippen LogP contribution in [0.25, 0.3) is 0 Å². The monoisotopic (exact) mass is 324 g/mol. The first-order valence-electron chi connectivity index (χ1n) is 6.80. The summed E-state index contributed by atoms with van der Waals surface area (Å²) in [5.74, 6) is 0.00851. The minimum absolute atomic E-state index is 0. The molecule has 1 aromatic heterocycles. The number of aromatic hydroxyl groups is 1. The number of aromatic nitrogens is 2. The molecule has 2 rings (SSSR count). The maximum atomic E-state index is 11.9. The van der Waals surface area contributed by atoms with Crippen LogP contribution >= 0.6 is 0 Å². The Hall–Kier alpha value is -2.21. The molecule has 1 heterocycles. The predicted octanol–water partition coefficient (Wildman–Crippen LogP) is -2.96. The van der Waals surface area contributed by atoms with Crippen LogP contribution in [0, 0.1) is 0 Å². The van der Waals surface area contributed by atoms with E-state index in [1.807, 2.05) is 35.8 Å². The Balaban J connectivity index is 0.00000242. The first kappa shape index (κ1) is 17.8. The number of aryl methyl sites for hydroxylation is 2. The topological polar surface area (TPSA) is 84.2 Å². The lowest BCUT2D eigenvalue weighted by molar-refractivity contribution is -0.671. The average Bonchev–Trinajstić information content (AvgIpc) is 2.72. The van der Waals surface area contributed by atoms with E-state index in [9.17, 15) is 9.90 Å². The molecule has 7 heteroatoms. The van der Waals surface area contributed by atoms with Crippen LogP contribution in [0.3, 0.4) is 0 Å². The van der Waals surface area contributed by atoms with Crippen molar-refractivity contribution in [2.24, 2.45) is 14.1 Å². The molecule has 0 fully saturated rings. The largest absolute Gasteiger partial charge is 1.00 e. The number of carbonyl (C=O) groups is 1. The van der Waals surface area contributed by atoms with Gasteiger partial charge in [-0.15, -0.1) is 0 Å². The van der Waals surface area contributed by atoms with Crippen molar-refractivity contribution in [1.82, 2.24) is 9.88 Å². The minimum Gasteiger partial charge on any atom is -1.00 e. The number of rotatable bonds is 5. The van der Waals surface area contributed by atoms with Crippen molar-refractivity contribution in [3.05, 3.63) is 42.0 Å². The Morgan fingerprint density at radius 3 is 2.82 bits per heavy atom. The maximum Gasteiger partial charge on any atom is 0.243 e. The predicted molar refractivity (Wildman–Crippen MR) is 79.5 cm³/mol. The van der Waals surface area contributed by atoms with Crippen LogP contribution in [0.15, 0.2) is 30.7 Å². The van der Waals surface area contributed by atoms with Gasteiger partial charge in [-0.05, 0) is 23.8 Å². The Bertz CT molecular complexity index is 655. The number of anilines is 1. The number of nitrogens with zero attached hydrogens (tertiary/aromatic N) is 2. The number of benzene rings is 1. The number of amides is 1. The second-order valence-electron chi connectivity index (χ2n) is 5.17. The van der Waals surface area contributed by atoms with Crippen molar-refractivity contribution in [3.63, 3.8) is 0 Å². The third kappa shape index (κ3) is 4.66. The molecule has 2 aromatic rings. The minimum atomic E-state index is -0.106. The van der Waals surface area contributed by atoms with E-state index in [0.29, 0.717) is 17.8 Å². The molecule has 22 heavy (non-hydrogen) atoms. The van der Waals surface area contributed by atoms with Crippen LogP contribution in [-0.4, -0.2) is 22.1 Å². The van der Waals surface area contributed by atoms with Crippen LogP contribution in [0.4, 0.5) is 5.69 Å². The van der Waals surface area contributed by atoms with Crippen molar-refractivity contribution in [3.8, 4) is 5.75 Å². The second-order valence-corrected chi connectivity index (χ2v) is 5.17. The summed E-state index contributed by atoms with van der Waals surface area (Å²) in [5, 5.41) is 12.3. The third-order valence-corrected chi connectivity index (χ3v) is 3.34. The summed E-state index contributed by atoms with van der Waals surface area (Å²) in [6, 6.07) is 4.63. The highest BCUT2D eigenvalue weighted by Crippen LogP contribution is 2.18. The molecule has 0 aliphatic heterocycles. The van der Waals surface area contributed by atoms with Crippen molar-refractivity contribution in [1.29, 1.82) is 0 Å². The summed E-state index contributed by atoms with van der Waals surface area (Å²) >= 11 is 0. The van der Waals surface area contributed by atoms with Gasteiger partial charge in [0.2, 0.25) is 12.2 Å². The molecule has 120 valence electrons. The number of nitrogens with two attached hydrogens (primary N) is 1.